The number of carbonyl (C=O) groups is 3. The molecule has 7 nitrogen and oxygen atoms in total. The highest BCUT2D eigenvalue weighted by Crippen LogP contribution is 2.39. The van der Waals surface area contributed by atoms with Crippen LogP contribution in [0.2, 0.25) is 5.02 Å². The number of thioether (sulfide) groups is 1. The Hall–Kier alpha value is -2.49. The molecule has 0 aliphatic carbocycles. The Kier molecular flexibility index (Phi) is 7.06. The fourth-order valence-electron chi connectivity index (χ4n) is 2.60. The smallest absolute Gasteiger partial charge is 0.341 e. The van der Waals surface area contributed by atoms with Crippen LogP contribution in [0.3, 0.4) is 0 Å². The number of ether oxygens (including phenoxy) is 2. The van der Waals surface area contributed by atoms with Crippen molar-refractivity contribution < 1.29 is 29.0 Å². The predicted molar refractivity (Wildman–Crippen MR) is 118 cm³/mol. The molecule has 0 saturated carbocycles. The van der Waals surface area contributed by atoms with Crippen LogP contribution < -0.4 is 14.4 Å². The molecular weight excluding hydrogens is 498 g/mol. The number of imide groups is 1. The van der Waals surface area contributed by atoms with E-state index in [-0.39, 0.29) is 10.7 Å². The van der Waals surface area contributed by atoms with E-state index in [0.717, 1.165) is 16.7 Å². The number of amides is 2. The minimum atomic E-state index is -1.12. The second kappa shape index (κ2) is 9.55. The number of halogens is 2. The quantitative estimate of drug-likeness (QED) is 0.509. The van der Waals surface area contributed by atoms with Crippen LogP contribution in [0.15, 0.2) is 45.8 Å². The number of hydrogen-bond acceptors (Lipinski definition) is 6. The Morgan fingerprint density at radius 1 is 1.20 bits per heavy atom. The summed E-state index contributed by atoms with van der Waals surface area (Å²) in [5.41, 5.74) is 1.000. The number of nitrogens with zero attached hydrogens (tertiary/aromatic N) is 1. The third-order valence-corrected chi connectivity index (χ3v) is 5.69. The molecular formula is C20H15BrClNO6S. The summed E-state index contributed by atoms with van der Waals surface area (Å²) in [6.07, 6.45) is 1.56. The van der Waals surface area contributed by atoms with Crippen molar-refractivity contribution >= 4 is 68.2 Å². The Bertz CT molecular complexity index is 1040. The van der Waals surface area contributed by atoms with Crippen LogP contribution >= 0.6 is 39.3 Å². The average molecular weight is 513 g/mol. The maximum Gasteiger partial charge on any atom is 0.341 e. The number of carbonyl (C=O) groups excluding carboxylic acids is 2. The molecule has 10 heteroatoms. The summed E-state index contributed by atoms with van der Waals surface area (Å²) in [4.78, 5) is 37.3. The van der Waals surface area contributed by atoms with E-state index in [1.54, 1.807) is 49.4 Å². The lowest BCUT2D eigenvalue weighted by atomic mass is 10.1. The number of rotatable bonds is 7. The van der Waals surface area contributed by atoms with Crippen molar-refractivity contribution in [1.82, 2.24) is 0 Å². The molecule has 0 unspecified atom stereocenters. The van der Waals surface area contributed by atoms with E-state index in [4.69, 9.17) is 26.2 Å². The molecule has 2 aromatic rings. The minimum Gasteiger partial charge on any atom is -0.490 e. The van der Waals surface area contributed by atoms with Crippen LogP contribution in [0.4, 0.5) is 10.5 Å². The van der Waals surface area contributed by atoms with Gasteiger partial charge in [0.15, 0.2) is 18.1 Å². The summed E-state index contributed by atoms with van der Waals surface area (Å²) in [5, 5.41) is 8.90. The van der Waals surface area contributed by atoms with Crippen molar-refractivity contribution in [2.75, 3.05) is 18.1 Å². The van der Waals surface area contributed by atoms with Gasteiger partial charge < -0.3 is 14.6 Å². The average Bonchev–Trinajstić information content (AvgIpc) is 2.97. The molecule has 0 aromatic heterocycles. The Morgan fingerprint density at radius 3 is 2.50 bits per heavy atom. The minimum absolute atomic E-state index is 0.234. The number of aliphatic carboxylic acids is 1. The molecule has 3 rings (SSSR count). The van der Waals surface area contributed by atoms with Gasteiger partial charge in [-0.3, -0.25) is 9.59 Å². The maximum atomic E-state index is 12.8. The highest BCUT2D eigenvalue weighted by Gasteiger charge is 2.36. The lowest BCUT2D eigenvalue weighted by Crippen LogP contribution is -2.27. The first-order chi connectivity index (χ1) is 14.3. The Morgan fingerprint density at radius 2 is 1.87 bits per heavy atom. The van der Waals surface area contributed by atoms with E-state index in [1.165, 1.54) is 0 Å². The van der Waals surface area contributed by atoms with Gasteiger partial charge in [0.1, 0.15) is 0 Å². The van der Waals surface area contributed by atoms with E-state index in [0.29, 0.717) is 33.1 Å². The summed E-state index contributed by atoms with van der Waals surface area (Å²) in [6.45, 7) is 1.59. The van der Waals surface area contributed by atoms with Crippen molar-refractivity contribution in [1.29, 1.82) is 0 Å². The van der Waals surface area contributed by atoms with Crippen LogP contribution in [0.1, 0.15) is 12.5 Å². The van der Waals surface area contributed by atoms with Gasteiger partial charge in [-0.25, -0.2) is 9.69 Å². The third-order valence-electron chi connectivity index (χ3n) is 3.88. The second-order valence-electron chi connectivity index (χ2n) is 5.93. The molecule has 1 N–H and O–H groups in total. The first kappa shape index (κ1) is 22.2. The number of benzene rings is 2. The van der Waals surface area contributed by atoms with Crippen molar-refractivity contribution in [3.63, 3.8) is 0 Å². The Labute approximate surface area is 189 Å². The van der Waals surface area contributed by atoms with Gasteiger partial charge in [-0.05, 0) is 66.7 Å². The highest BCUT2D eigenvalue weighted by molar-refractivity contribution is 9.10. The third kappa shape index (κ3) is 4.97. The van der Waals surface area contributed by atoms with E-state index < -0.39 is 23.7 Å². The summed E-state index contributed by atoms with van der Waals surface area (Å²) in [6, 6.07) is 9.57. The summed E-state index contributed by atoms with van der Waals surface area (Å²) < 4.78 is 11.3. The molecule has 1 aliphatic rings. The molecule has 0 atom stereocenters. The molecule has 1 fully saturated rings. The van der Waals surface area contributed by atoms with Crippen LogP contribution in [-0.2, 0) is 9.59 Å². The fraction of sp³-hybridized carbons (Fsp3) is 0.150. The van der Waals surface area contributed by atoms with Gasteiger partial charge in [0.2, 0.25) is 0 Å². The molecule has 1 heterocycles. The number of hydrogen-bond donors (Lipinski definition) is 1. The van der Waals surface area contributed by atoms with Crippen molar-refractivity contribution in [2.45, 2.75) is 6.92 Å². The van der Waals surface area contributed by atoms with Gasteiger partial charge >= 0.3 is 5.97 Å². The van der Waals surface area contributed by atoms with Crippen LogP contribution in [0, 0.1) is 0 Å². The number of carboxylic acids is 1. The lowest BCUT2D eigenvalue weighted by Gasteiger charge is -2.13. The normalized spacial score (nSPS) is 15.0. The highest BCUT2D eigenvalue weighted by atomic mass is 79.9. The maximum absolute atomic E-state index is 12.8. The van der Waals surface area contributed by atoms with Crippen molar-refractivity contribution in [3.05, 3.63) is 56.4 Å². The summed E-state index contributed by atoms with van der Waals surface area (Å²) in [7, 11) is 0. The topological polar surface area (TPSA) is 93.1 Å². The molecule has 0 bridgehead atoms. The molecule has 0 radical (unpaired) electrons. The summed E-state index contributed by atoms with van der Waals surface area (Å²) in [5.74, 6) is -1.00. The standard InChI is InChI=1S/C20H15BrClNO6S/c1-2-28-15-7-11(14(21)9-16(15)29-10-18(24)25)8-17-19(26)23(20(27)30-17)13-5-3-12(22)4-6-13/h3-9H,2,10H2,1H3,(H,24,25)/b17-8+. The summed E-state index contributed by atoms with van der Waals surface area (Å²) >= 11 is 10.1. The van der Waals surface area contributed by atoms with Gasteiger partial charge in [0, 0.05) is 9.50 Å². The molecule has 30 heavy (non-hydrogen) atoms. The lowest BCUT2D eigenvalue weighted by molar-refractivity contribution is -0.139. The molecule has 156 valence electrons. The van der Waals surface area contributed by atoms with Crippen LogP contribution in [0.25, 0.3) is 6.08 Å². The number of anilines is 1. The van der Waals surface area contributed by atoms with E-state index in [9.17, 15) is 14.4 Å². The first-order valence-corrected chi connectivity index (χ1v) is 10.6. The molecule has 1 saturated heterocycles. The fourth-order valence-corrected chi connectivity index (χ4v) is 4.00. The van der Waals surface area contributed by atoms with E-state index in [1.807, 2.05) is 0 Å². The van der Waals surface area contributed by atoms with Gasteiger partial charge in [-0.15, -0.1) is 0 Å². The van der Waals surface area contributed by atoms with Crippen LogP contribution in [-0.4, -0.2) is 35.4 Å². The Balaban J connectivity index is 1.92. The number of carboxylic acid groups (broad SMARTS) is 1. The van der Waals surface area contributed by atoms with Gasteiger partial charge in [0.05, 0.1) is 17.2 Å². The first-order valence-electron chi connectivity index (χ1n) is 8.64. The second-order valence-corrected chi connectivity index (χ2v) is 8.21. The monoisotopic (exact) mass is 511 g/mol. The van der Waals surface area contributed by atoms with Crippen LogP contribution in [0.5, 0.6) is 11.5 Å². The zero-order valence-corrected chi connectivity index (χ0v) is 18.7. The van der Waals surface area contributed by atoms with E-state index >= 15 is 0 Å². The SMILES string of the molecule is CCOc1cc(/C=C2/SC(=O)N(c3ccc(Cl)cc3)C2=O)c(Br)cc1OCC(=O)O. The van der Waals surface area contributed by atoms with Crippen molar-refractivity contribution in [2.24, 2.45) is 0 Å². The predicted octanol–water partition coefficient (Wildman–Crippen LogP) is 5.21. The molecule has 2 aromatic carbocycles. The molecule has 0 spiro atoms. The molecule has 2 amide bonds. The zero-order valence-electron chi connectivity index (χ0n) is 15.6. The van der Waals surface area contributed by atoms with Gasteiger partial charge in [0.25, 0.3) is 11.1 Å². The zero-order chi connectivity index (χ0) is 21.8. The molecule has 1 aliphatic heterocycles. The van der Waals surface area contributed by atoms with Gasteiger partial charge in [-0.2, -0.15) is 0 Å². The van der Waals surface area contributed by atoms with Gasteiger partial charge in [-0.1, -0.05) is 27.5 Å². The van der Waals surface area contributed by atoms with Crippen molar-refractivity contribution in [3.8, 4) is 11.5 Å². The van der Waals surface area contributed by atoms with E-state index in [2.05, 4.69) is 15.9 Å². The largest absolute Gasteiger partial charge is 0.490 e.